The molecule has 2 aromatic heterocycles. The van der Waals surface area contributed by atoms with E-state index in [1.807, 2.05) is 6.07 Å². The van der Waals surface area contributed by atoms with Gasteiger partial charge in [0.25, 0.3) is 6.43 Å². The maximum absolute atomic E-state index is 13.5. The summed E-state index contributed by atoms with van der Waals surface area (Å²) in [5, 5.41) is 21.0. The van der Waals surface area contributed by atoms with Crippen LogP contribution in [0.4, 0.5) is 8.78 Å². The molecule has 1 aromatic carbocycles. The molecule has 40 heavy (non-hydrogen) atoms. The van der Waals surface area contributed by atoms with Crippen LogP contribution in [0.5, 0.6) is 0 Å². The average Bonchev–Trinajstić information content (AvgIpc) is 3.31. The molecule has 11 nitrogen and oxygen atoms in total. The van der Waals surface area contributed by atoms with Crippen LogP contribution in [0.1, 0.15) is 55.5 Å². The van der Waals surface area contributed by atoms with Crippen molar-refractivity contribution >= 4 is 47.9 Å². The van der Waals surface area contributed by atoms with Crippen LogP contribution in [-0.4, -0.2) is 65.0 Å². The van der Waals surface area contributed by atoms with E-state index in [2.05, 4.69) is 20.0 Å². The highest BCUT2D eigenvalue weighted by Crippen LogP contribution is 2.41. The predicted molar refractivity (Wildman–Crippen MR) is 143 cm³/mol. The van der Waals surface area contributed by atoms with Crippen molar-refractivity contribution in [3.8, 4) is 16.8 Å². The van der Waals surface area contributed by atoms with Crippen molar-refractivity contribution in [3.05, 3.63) is 28.8 Å². The summed E-state index contributed by atoms with van der Waals surface area (Å²) in [4.78, 5) is -0.116. The second-order valence-electron chi connectivity index (χ2n) is 10.3. The standard InChI is InChI=1S/C24H25F2N7O4S3/c1-32-20-17(14-5-9-33(10-6-14)40(36,37)15-3-2-4-15)11-16(39(34,35)31-24(13-27)7-8-24)12-18(20)19(30-32)22-28-29-23(38-22)21(25)26/h5,11-12,15,21,31H,2-4,6-10H2,1H3. The van der Waals surface area contributed by atoms with Gasteiger partial charge in [-0.15, -0.1) is 10.2 Å². The van der Waals surface area contributed by atoms with Gasteiger partial charge in [-0.2, -0.15) is 19.4 Å². The van der Waals surface area contributed by atoms with Gasteiger partial charge in [0.05, 0.1) is 21.7 Å². The lowest BCUT2D eigenvalue weighted by Crippen LogP contribution is -2.43. The van der Waals surface area contributed by atoms with Crippen molar-refractivity contribution in [2.24, 2.45) is 7.05 Å². The van der Waals surface area contributed by atoms with Gasteiger partial charge in [0.2, 0.25) is 20.0 Å². The molecule has 2 saturated carbocycles. The number of aromatic nitrogens is 4. The van der Waals surface area contributed by atoms with Crippen LogP contribution in [0.2, 0.25) is 0 Å². The smallest absolute Gasteiger partial charge is 0.267 e. The molecular weight excluding hydrogens is 585 g/mol. The Hall–Kier alpha value is -2.84. The number of aryl methyl sites for hydroxylation is 1. The van der Waals surface area contributed by atoms with Gasteiger partial charge < -0.3 is 0 Å². The minimum absolute atomic E-state index is 0.112. The fraction of sp³-hybridized carbons (Fsp3) is 0.500. The monoisotopic (exact) mass is 609 g/mol. The Bertz CT molecular complexity index is 1800. The highest BCUT2D eigenvalue weighted by molar-refractivity contribution is 7.90. The number of hydrogen-bond acceptors (Lipinski definition) is 9. The Balaban J connectivity index is 1.47. The number of benzene rings is 1. The predicted octanol–water partition coefficient (Wildman–Crippen LogP) is 3.34. The van der Waals surface area contributed by atoms with Gasteiger partial charge in [-0.1, -0.05) is 23.8 Å². The SMILES string of the molecule is Cn1nc(-c2nnc(C(F)F)s2)c2cc(S(=O)(=O)NC3(C#N)CC3)cc(C3=CCN(S(=O)(=O)C4CCC4)CC3)c21. The zero-order chi connectivity index (χ0) is 28.4. The van der Waals surface area contributed by atoms with Gasteiger partial charge in [0.15, 0.2) is 10.0 Å². The van der Waals surface area contributed by atoms with Gasteiger partial charge in [-0.25, -0.2) is 25.6 Å². The molecule has 6 rings (SSSR count). The van der Waals surface area contributed by atoms with E-state index in [1.165, 1.54) is 21.1 Å². The summed E-state index contributed by atoms with van der Waals surface area (Å²) in [6.07, 6.45) is 2.31. The van der Waals surface area contributed by atoms with Crippen LogP contribution < -0.4 is 4.72 Å². The van der Waals surface area contributed by atoms with Crippen LogP contribution in [-0.2, 0) is 27.1 Å². The third-order valence-electron chi connectivity index (χ3n) is 7.70. The first-order valence-corrected chi connectivity index (χ1v) is 16.5. The Morgan fingerprint density at radius 1 is 1.20 bits per heavy atom. The lowest BCUT2D eigenvalue weighted by molar-refractivity contribution is 0.150. The van der Waals surface area contributed by atoms with Crippen molar-refractivity contribution in [3.63, 3.8) is 0 Å². The molecule has 0 amide bonds. The maximum atomic E-state index is 13.5. The van der Waals surface area contributed by atoms with E-state index in [0.29, 0.717) is 59.9 Å². The van der Waals surface area contributed by atoms with E-state index in [9.17, 15) is 30.9 Å². The van der Waals surface area contributed by atoms with Gasteiger partial charge in [-0.3, -0.25) is 4.68 Å². The minimum Gasteiger partial charge on any atom is -0.267 e. The summed E-state index contributed by atoms with van der Waals surface area (Å²) in [7, 11) is -5.91. The molecular formula is C24H25F2N7O4S3. The zero-order valence-corrected chi connectivity index (χ0v) is 23.8. The van der Waals surface area contributed by atoms with Crippen LogP contribution in [0.25, 0.3) is 27.2 Å². The third kappa shape index (κ3) is 4.63. The van der Waals surface area contributed by atoms with Crippen LogP contribution in [0.3, 0.4) is 0 Å². The number of nitriles is 1. The Morgan fingerprint density at radius 3 is 2.50 bits per heavy atom. The lowest BCUT2D eigenvalue weighted by Gasteiger charge is -2.33. The molecule has 1 N–H and O–H groups in total. The van der Waals surface area contributed by atoms with Crippen LogP contribution in [0.15, 0.2) is 23.1 Å². The highest BCUT2D eigenvalue weighted by atomic mass is 32.2. The minimum atomic E-state index is -4.15. The van der Waals surface area contributed by atoms with E-state index in [0.717, 1.165) is 12.0 Å². The van der Waals surface area contributed by atoms with Gasteiger partial charge in [0.1, 0.15) is 11.2 Å². The molecule has 3 heterocycles. The number of nitrogens with one attached hydrogen (secondary N) is 1. The van der Waals surface area contributed by atoms with Crippen molar-refractivity contribution < 1.29 is 25.6 Å². The Labute approximate surface area is 233 Å². The van der Waals surface area contributed by atoms with Crippen molar-refractivity contribution in [2.75, 3.05) is 13.1 Å². The summed E-state index contributed by atoms with van der Waals surface area (Å²) in [6.45, 7) is 0.402. The lowest BCUT2D eigenvalue weighted by atomic mass is 9.97. The molecule has 0 saturated heterocycles. The summed E-state index contributed by atoms with van der Waals surface area (Å²) in [6, 6.07) is 4.91. The van der Waals surface area contributed by atoms with Crippen LogP contribution in [0, 0.1) is 11.3 Å². The molecule has 0 atom stereocenters. The molecule has 16 heteroatoms. The second kappa shape index (κ2) is 9.62. The van der Waals surface area contributed by atoms with Crippen molar-refractivity contribution in [1.29, 1.82) is 5.26 Å². The number of hydrogen-bond donors (Lipinski definition) is 1. The molecule has 1 aliphatic heterocycles. The van der Waals surface area contributed by atoms with E-state index in [-0.39, 0.29) is 33.9 Å². The van der Waals surface area contributed by atoms with E-state index in [4.69, 9.17) is 0 Å². The van der Waals surface area contributed by atoms with Crippen molar-refractivity contribution in [1.82, 2.24) is 29.0 Å². The zero-order valence-electron chi connectivity index (χ0n) is 21.3. The largest absolute Gasteiger partial charge is 0.291 e. The van der Waals surface area contributed by atoms with E-state index >= 15 is 0 Å². The fourth-order valence-corrected chi connectivity index (χ4v) is 9.16. The molecule has 3 aromatic rings. The topological polar surface area (TPSA) is 151 Å². The second-order valence-corrected chi connectivity index (χ2v) is 15.2. The number of fused-ring (bicyclic) bond motifs is 1. The molecule has 0 bridgehead atoms. The number of alkyl halides is 2. The molecule has 0 spiro atoms. The van der Waals surface area contributed by atoms with Crippen LogP contribution >= 0.6 is 11.3 Å². The summed E-state index contributed by atoms with van der Waals surface area (Å²) in [5.74, 6) is 0. The highest BCUT2D eigenvalue weighted by Gasteiger charge is 2.47. The molecule has 2 aliphatic carbocycles. The first-order valence-electron chi connectivity index (χ1n) is 12.7. The molecule has 2 fully saturated rings. The van der Waals surface area contributed by atoms with Crippen molar-refractivity contribution in [2.45, 2.75) is 60.6 Å². The summed E-state index contributed by atoms with van der Waals surface area (Å²) < 4.78 is 84.8. The Kier molecular flexibility index (Phi) is 6.58. The molecule has 212 valence electrons. The van der Waals surface area contributed by atoms with Gasteiger partial charge in [0, 0.05) is 31.1 Å². The average molecular weight is 610 g/mol. The maximum Gasteiger partial charge on any atom is 0.291 e. The normalized spacial score (nSPS) is 19.9. The van der Waals surface area contributed by atoms with E-state index < -0.39 is 37.0 Å². The van der Waals surface area contributed by atoms with Gasteiger partial charge in [-0.05, 0) is 49.8 Å². The molecule has 3 aliphatic rings. The van der Waals surface area contributed by atoms with Gasteiger partial charge >= 0.3 is 0 Å². The Morgan fingerprint density at radius 2 is 1.95 bits per heavy atom. The summed E-state index contributed by atoms with van der Waals surface area (Å²) in [5.41, 5.74) is 0.860. The third-order valence-corrected chi connectivity index (χ3v) is 12.5. The number of rotatable bonds is 8. The number of halogens is 2. The first kappa shape index (κ1) is 27.3. The number of sulfonamides is 2. The fourth-order valence-electron chi connectivity index (χ4n) is 5.05. The summed E-state index contributed by atoms with van der Waals surface area (Å²) >= 11 is 0.670. The number of nitrogens with zero attached hydrogens (tertiary/aromatic N) is 6. The molecule has 0 radical (unpaired) electrons. The van der Waals surface area contributed by atoms with E-state index in [1.54, 1.807) is 13.1 Å². The first-order chi connectivity index (χ1) is 18.9. The quantitative estimate of drug-likeness (QED) is 0.409. The molecule has 0 unspecified atom stereocenters.